The van der Waals surface area contributed by atoms with Gasteiger partial charge in [-0.2, -0.15) is 0 Å². The molecule has 70 valence electrons. The average molecular weight is 178 g/mol. The number of nitrogens with two attached hydrogens (primary N) is 1. The molecular weight excluding hydrogens is 164 g/mol. The van der Waals surface area contributed by atoms with Crippen molar-refractivity contribution < 1.29 is 4.79 Å². The molecule has 1 rings (SSSR count). The van der Waals surface area contributed by atoms with Gasteiger partial charge in [0.05, 0.1) is 0 Å². The lowest BCUT2D eigenvalue weighted by molar-refractivity contribution is -0.125. The van der Waals surface area contributed by atoms with E-state index in [0.717, 1.165) is 5.69 Å². The molecule has 0 unspecified atom stereocenters. The summed E-state index contributed by atoms with van der Waals surface area (Å²) in [5.41, 5.74) is 5.63. The second-order valence-electron chi connectivity index (χ2n) is 3.75. The van der Waals surface area contributed by atoms with Crippen molar-refractivity contribution in [3.8, 4) is 0 Å². The summed E-state index contributed by atoms with van der Waals surface area (Å²) >= 11 is 0. The maximum Gasteiger partial charge on any atom is 0.223 e. The number of carbonyl (C=O) groups excluding carboxylic acids is 1. The van der Waals surface area contributed by atoms with E-state index in [1.165, 1.54) is 0 Å². The predicted octanol–water partition coefficient (Wildman–Crippen LogP) is 1.14. The van der Waals surface area contributed by atoms with Crippen LogP contribution in [0.15, 0.2) is 24.4 Å². The number of hydrogen-bond donors (Lipinski definition) is 1. The number of primary amides is 1. The van der Waals surface area contributed by atoms with Crippen molar-refractivity contribution in [1.29, 1.82) is 0 Å². The van der Waals surface area contributed by atoms with Crippen LogP contribution in [0.5, 0.6) is 0 Å². The van der Waals surface area contributed by atoms with E-state index in [1.807, 2.05) is 32.0 Å². The number of pyridine rings is 1. The number of hydrogen-bond acceptors (Lipinski definition) is 2. The standard InChI is InChI=1S/C10H14N2O/c1-10(2,9(11)13)7-8-5-3-4-6-12-8/h3-6H,7H2,1-2H3,(H2,11,13). The van der Waals surface area contributed by atoms with E-state index >= 15 is 0 Å². The first kappa shape index (κ1) is 9.71. The summed E-state index contributed by atoms with van der Waals surface area (Å²) < 4.78 is 0. The van der Waals surface area contributed by atoms with Crippen LogP contribution in [-0.4, -0.2) is 10.9 Å². The van der Waals surface area contributed by atoms with Crippen LogP contribution >= 0.6 is 0 Å². The Morgan fingerprint density at radius 1 is 1.54 bits per heavy atom. The van der Waals surface area contributed by atoms with Crippen LogP contribution in [0.3, 0.4) is 0 Å². The second-order valence-corrected chi connectivity index (χ2v) is 3.75. The van der Waals surface area contributed by atoms with E-state index in [4.69, 9.17) is 5.73 Å². The van der Waals surface area contributed by atoms with Crippen molar-refractivity contribution in [3.63, 3.8) is 0 Å². The van der Waals surface area contributed by atoms with E-state index in [-0.39, 0.29) is 5.91 Å². The Morgan fingerprint density at radius 2 is 2.23 bits per heavy atom. The van der Waals surface area contributed by atoms with Crippen molar-refractivity contribution in [3.05, 3.63) is 30.1 Å². The lowest BCUT2D eigenvalue weighted by atomic mass is 9.87. The highest BCUT2D eigenvalue weighted by Gasteiger charge is 2.25. The SMILES string of the molecule is CC(C)(Cc1ccccn1)C(N)=O. The van der Waals surface area contributed by atoms with E-state index in [2.05, 4.69) is 4.98 Å². The summed E-state index contributed by atoms with van der Waals surface area (Å²) in [6, 6.07) is 5.64. The summed E-state index contributed by atoms with van der Waals surface area (Å²) in [7, 11) is 0. The third kappa shape index (κ3) is 2.54. The van der Waals surface area contributed by atoms with Crippen LogP contribution in [-0.2, 0) is 11.2 Å². The Bertz CT molecular complexity index is 293. The Labute approximate surface area is 78.0 Å². The molecule has 0 saturated heterocycles. The largest absolute Gasteiger partial charge is 0.369 e. The van der Waals surface area contributed by atoms with E-state index < -0.39 is 5.41 Å². The van der Waals surface area contributed by atoms with Crippen molar-refractivity contribution in [2.45, 2.75) is 20.3 Å². The summed E-state index contributed by atoms with van der Waals surface area (Å²) in [6.45, 7) is 3.65. The van der Waals surface area contributed by atoms with Gasteiger partial charge in [0.15, 0.2) is 0 Å². The van der Waals surface area contributed by atoms with Gasteiger partial charge in [-0.25, -0.2) is 0 Å². The normalized spacial score (nSPS) is 11.2. The summed E-state index contributed by atoms with van der Waals surface area (Å²) in [5, 5.41) is 0. The monoisotopic (exact) mass is 178 g/mol. The fourth-order valence-corrected chi connectivity index (χ4v) is 1.04. The Morgan fingerprint density at radius 3 is 2.69 bits per heavy atom. The number of aromatic nitrogens is 1. The molecule has 0 radical (unpaired) electrons. The van der Waals surface area contributed by atoms with Gasteiger partial charge in [-0.05, 0) is 12.1 Å². The molecule has 1 aromatic heterocycles. The van der Waals surface area contributed by atoms with E-state index in [1.54, 1.807) is 6.20 Å². The molecule has 0 aliphatic rings. The lowest BCUT2D eigenvalue weighted by Crippen LogP contribution is -2.33. The molecule has 0 aliphatic carbocycles. The van der Waals surface area contributed by atoms with Crippen LogP contribution in [0.2, 0.25) is 0 Å². The molecule has 2 N–H and O–H groups in total. The van der Waals surface area contributed by atoms with Crippen molar-refractivity contribution in [2.75, 3.05) is 0 Å². The van der Waals surface area contributed by atoms with Gasteiger partial charge >= 0.3 is 0 Å². The maximum absolute atomic E-state index is 11.0. The minimum Gasteiger partial charge on any atom is -0.369 e. The molecule has 1 heterocycles. The van der Waals surface area contributed by atoms with Crippen molar-refractivity contribution >= 4 is 5.91 Å². The average Bonchev–Trinajstić information content (AvgIpc) is 2.05. The van der Waals surface area contributed by atoms with Crippen molar-refractivity contribution in [2.24, 2.45) is 11.1 Å². The Balaban J connectivity index is 2.75. The van der Waals surface area contributed by atoms with Gasteiger partial charge in [-0.3, -0.25) is 9.78 Å². The molecular formula is C10H14N2O. The number of nitrogens with zero attached hydrogens (tertiary/aromatic N) is 1. The molecule has 0 fully saturated rings. The predicted molar refractivity (Wildman–Crippen MR) is 50.9 cm³/mol. The summed E-state index contributed by atoms with van der Waals surface area (Å²) in [4.78, 5) is 15.2. The van der Waals surface area contributed by atoms with E-state index in [0.29, 0.717) is 6.42 Å². The van der Waals surface area contributed by atoms with Gasteiger partial charge < -0.3 is 5.73 Å². The van der Waals surface area contributed by atoms with Crippen LogP contribution in [0.4, 0.5) is 0 Å². The highest BCUT2D eigenvalue weighted by atomic mass is 16.1. The topological polar surface area (TPSA) is 56.0 Å². The fraction of sp³-hybridized carbons (Fsp3) is 0.400. The third-order valence-corrected chi connectivity index (χ3v) is 2.02. The van der Waals surface area contributed by atoms with Crippen LogP contribution in [0.1, 0.15) is 19.5 Å². The Kier molecular flexibility index (Phi) is 2.66. The second kappa shape index (κ2) is 3.56. The molecule has 1 amide bonds. The molecule has 3 heteroatoms. The Hall–Kier alpha value is -1.38. The minimum absolute atomic E-state index is 0.293. The quantitative estimate of drug-likeness (QED) is 0.754. The first-order chi connectivity index (χ1) is 6.02. The van der Waals surface area contributed by atoms with E-state index in [9.17, 15) is 4.79 Å². The number of amides is 1. The zero-order valence-electron chi connectivity index (χ0n) is 7.95. The highest BCUT2D eigenvalue weighted by Crippen LogP contribution is 2.19. The maximum atomic E-state index is 11.0. The van der Waals surface area contributed by atoms with Gasteiger partial charge in [-0.15, -0.1) is 0 Å². The van der Waals surface area contributed by atoms with Crippen LogP contribution < -0.4 is 5.73 Å². The molecule has 3 nitrogen and oxygen atoms in total. The fourth-order valence-electron chi connectivity index (χ4n) is 1.04. The van der Waals surface area contributed by atoms with Crippen LogP contribution in [0.25, 0.3) is 0 Å². The molecule has 0 atom stereocenters. The molecule has 0 bridgehead atoms. The van der Waals surface area contributed by atoms with Gasteiger partial charge in [-0.1, -0.05) is 19.9 Å². The molecule has 0 saturated carbocycles. The first-order valence-corrected chi connectivity index (χ1v) is 4.22. The van der Waals surface area contributed by atoms with Crippen molar-refractivity contribution in [1.82, 2.24) is 4.98 Å². The molecule has 0 aliphatic heterocycles. The van der Waals surface area contributed by atoms with Gasteiger partial charge in [0, 0.05) is 23.7 Å². The molecule has 13 heavy (non-hydrogen) atoms. The van der Waals surface area contributed by atoms with Crippen LogP contribution in [0, 0.1) is 5.41 Å². The zero-order valence-corrected chi connectivity index (χ0v) is 7.95. The minimum atomic E-state index is -0.519. The summed E-state index contributed by atoms with van der Waals surface area (Å²) in [6.07, 6.45) is 2.30. The lowest BCUT2D eigenvalue weighted by Gasteiger charge is -2.19. The zero-order chi connectivity index (χ0) is 9.90. The molecule has 0 aromatic carbocycles. The third-order valence-electron chi connectivity index (χ3n) is 2.02. The van der Waals surface area contributed by atoms with Gasteiger partial charge in [0.25, 0.3) is 0 Å². The number of rotatable bonds is 3. The van der Waals surface area contributed by atoms with Gasteiger partial charge in [0.2, 0.25) is 5.91 Å². The first-order valence-electron chi connectivity index (χ1n) is 4.22. The van der Waals surface area contributed by atoms with Gasteiger partial charge in [0.1, 0.15) is 0 Å². The molecule has 1 aromatic rings. The highest BCUT2D eigenvalue weighted by molar-refractivity contribution is 5.80. The number of carbonyl (C=O) groups is 1. The summed E-state index contributed by atoms with van der Waals surface area (Å²) in [5.74, 6) is -0.293. The smallest absolute Gasteiger partial charge is 0.223 e. The molecule has 0 spiro atoms.